The van der Waals surface area contributed by atoms with Crippen molar-refractivity contribution in [2.75, 3.05) is 0 Å². The number of benzene rings is 2. The van der Waals surface area contributed by atoms with Gasteiger partial charge in [-0.3, -0.25) is 0 Å². The van der Waals surface area contributed by atoms with Crippen LogP contribution in [0.2, 0.25) is 0 Å². The van der Waals surface area contributed by atoms with Crippen molar-refractivity contribution in [1.82, 2.24) is 4.72 Å². The van der Waals surface area contributed by atoms with Crippen molar-refractivity contribution in [3.63, 3.8) is 0 Å². The van der Waals surface area contributed by atoms with Gasteiger partial charge in [-0.1, -0.05) is 67.1 Å². The molecule has 1 atom stereocenters. The number of hydrogen-bond acceptors (Lipinski definition) is 2. The van der Waals surface area contributed by atoms with Gasteiger partial charge in [-0.05, 0) is 24.5 Å². The highest BCUT2D eigenvalue weighted by atomic mass is 32.2. The Morgan fingerprint density at radius 2 is 1.76 bits per heavy atom. The first kappa shape index (κ1) is 15.7. The summed E-state index contributed by atoms with van der Waals surface area (Å²) in [5.74, 6) is 0.0119. The molecule has 0 radical (unpaired) electrons. The number of rotatable bonds is 6. The van der Waals surface area contributed by atoms with Crippen molar-refractivity contribution in [3.8, 4) is 0 Å². The predicted molar refractivity (Wildman–Crippen MR) is 86.4 cm³/mol. The van der Waals surface area contributed by atoms with E-state index in [9.17, 15) is 8.42 Å². The van der Waals surface area contributed by atoms with E-state index in [1.807, 2.05) is 68.4 Å². The normalized spacial score (nSPS) is 13.0. The summed E-state index contributed by atoms with van der Waals surface area (Å²) >= 11 is 0. The lowest BCUT2D eigenvalue weighted by atomic mass is 10.1. The van der Waals surface area contributed by atoms with Gasteiger partial charge in [-0.25, -0.2) is 13.1 Å². The van der Waals surface area contributed by atoms with Crippen LogP contribution >= 0.6 is 0 Å². The summed E-state index contributed by atoms with van der Waals surface area (Å²) in [6.07, 6.45) is 0.719. The van der Waals surface area contributed by atoms with Gasteiger partial charge in [0.15, 0.2) is 0 Å². The molecule has 0 fully saturated rings. The minimum atomic E-state index is -3.36. The molecular formula is C17H21NO2S. The molecular weight excluding hydrogens is 282 g/mol. The van der Waals surface area contributed by atoms with E-state index < -0.39 is 10.0 Å². The minimum Gasteiger partial charge on any atom is -0.212 e. The average molecular weight is 303 g/mol. The summed E-state index contributed by atoms with van der Waals surface area (Å²) in [6.45, 7) is 3.94. The summed E-state index contributed by atoms with van der Waals surface area (Å²) in [7, 11) is -3.36. The van der Waals surface area contributed by atoms with Gasteiger partial charge >= 0.3 is 0 Å². The highest BCUT2D eigenvalue weighted by molar-refractivity contribution is 7.88. The second-order valence-corrected chi connectivity index (χ2v) is 6.99. The third-order valence-electron chi connectivity index (χ3n) is 3.37. The SMILES string of the molecule is CC[C@@H](NS(=O)(=O)Cc1cccc(C)c1)c1ccccc1. The second kappa shape index (κ2) is 6.87. The van der Waals surface area contributed by atoms with Crippen LogP contribution in [0.5, 0.6) is 0 Å². The molecule has 21 heavy (non-hydrogen) atoms. The van der Waals surface area contributed by atoms with Gasteiger partial charge in [-0.2, -0.15) is 0 Å². The van der Waals surface area contributed by atoms with Crippen LogP contribution < -0.4 is 4.72 Å². The molecule has 0 unspecified atom stereocenters. The number of aryl methyl sites for hydroxylation is 1. The molecule has 0 aliphatic rings. The highest BCUT2D eigenvalue weighted by Gasteiger charge is 2.18. The largest absolute Gasteiger partial charge is 0.216 e. The molecule has 1 N–H and O–H groups in total. The van der Waals surface area contributed by atoms with Crippen LogP contribution in [-0.4, -0.2) is 8.42 Å². The third kappa shape index (κ3) is 4.69. The summed E-state index contributed by atoms with van der Waals surface area (Å²) in [5, 5.41) is 0. The zero-order valence-electron chi connectivity index (χ0n) is 12.4. The molecule has 3 nitrogen and oxygen atoms in total. The first-order valence-electron chi connectivity index (χ1n) is 7.10. The topological polar surface area (TPSA) is 46.2 Å². The van der Waals surface area contributed by atoms with Crippen LogP contribution in [-0.2, 0) is 15.8 Å². The maximum absolute atomic E-state index is 12.3. The third-order valence-corrected chi connectivity index (χ3v) is 4.73. The molecule has 2 aromatic carbocycles. The molecule has 2 rings (SSSR count). The van der Waals surface area contributed by atoms with Crippen molar-refractivity contribution in [2.24, 2.45) is 0 Å². The van der Waals surface area contributed by atoms with E-state index in [1.54, 1.807) is 0 Å². The molecule has 0 aliphatic carbocycles. The summed E-state index contributed by atoms with van der Waals surface area (Å²) in [6, 6.07) is 17.1. The first-order chi connectivity index (χ1) is 10.00. The molecule has 2 aromatic rings. The van der Waals surface area contributed by atoms with Crippen LogP contribution in [0.15, 0.2) is 54.6 Å². The molecule has 0 saturated carbocycles. The fourth-order valence-electron chi connectivity index (χ4n) is 2.35. The van der Waals surface area contributed by atoms with Gasteiger partial charge in [0.05, 0.1) is 5.75 Å². The molecule has 0 aromatic heterocycles. The standard InChI is InChI=1S/C17H21NO2S/c1-3-17(16-10-5-4-6-11-16)18-21(19,20)13-15-9-7-8-14(2)12-15/h4-12,17-18H,3,13H2,1-2H3/t17-/m1/s1. The Bertz CT molecular complexity index is 681. The lowest BCUT2D eigenvalue weighted by Gasteiger charge is -2.17. The molecule has 0 bridgehead atoms. The molecule has 0 amide bonds. The average Bonchev–Trinajstić information content (AvgIpc) is 2.45. The Hall–Kier alpha value is -1.65. The van der Waals surface area contributed by atoms with Gasteiger partial charge in [0, 0.05) is 6.04 Å². The summed E-state index contributed by atoms with van der Waals surface area (Å²) in [5.41, 5.74) is 2.87. The minimum absolute atomic E-state index is 0.0119. The Morgan fingerprint density at radius 1 is 1.05 bits per heavy atom. The van der Waals surface area contributed by atoms with E-state index >= 15 is 0 Å². The van der Waals surface area contributed by atoms with Gasteiger partial charge in [0.25, 0.3) is 0 Å². The maximum Gasteiger partial charge on any atom is 0.216 e. The van der Waals surface area contributed by atoms with Gasteiger partial charge in [0.2, 0.25) is 10.0 Å². The van der Waals surface area contributed by atoms with Crippen molar-refractivity contribution >= 4 is 10.0 Å². The summed E-state index contributed by atoms with van der Waals surface area (Å²) < 4.78 is 27.5. The summed E-state index contributed by atoms with van der Waals surface area (Å²) in [4.78, 5) is 0. The van der Waals surface area contributed by atoms with Gasteiger partial charge in [-0.15, -0.1) is 0 Å². The monoisotopic (exact) mass is 303 g/mol. The van der Waals surface area contributed by atoms with E-state index in [1.165, 1.54) is 0 Å². The van der Waals surface area contributed by atoms with Crippen LogP contribution in [0.4, 0.5) is 0 Å². The van der Waals surface area contributed by atoms with Crippen molar-refractivity contribution in [3.05, 3.63) is 71.3 Å². The lowest BCUT2D eigenvalue weighted by molar-refractivity contribution is 0.549. The van der Waals surface area contributed by atoms with Crippen LogP contribution in [0.1, 0.15) is 36.1 Å². The van der Waals surface area contributed by atoms with E-state index in [0.717, 1.165) is 23.1 Å². The first-order valence-corrected chi connectivity index (χ1v) is 8.76. The molecule has 112 valence electrons. The predicted octanol–water partition coefficient (Wildman–Crippen LogP) is 3.57. The second-order valence-electron chi connectivity index (χ2n) is 5.24. The van der Waals surface area contributed by atoms with E-state index in [0.29, 0.717) is 0 Å². The Balaban J connectivity index is 2.13. The zero-order chi connectivity index (χ0) is 15.3. The highest BCUT2D eigenvalue weighted by Crippen LogP contribution is 2.18. The Morgan fingerprint density at radius 3 is 2.38 bits per heavy atom. The van der Waals surface area contributed by atoms with Crippen molar-refractivity contribution in [1.29, 1.82) is 0 Å². The number of hydrogen-bond donors (Lipinski definition) is 1. The molecule has 0 saturated heterocycles. The van der Waals surface area contributed by atoms with Crippen molar-refractivity contribution < 1.29 is 8.42 Å². The molecule has 4 heteroatoms. The molecule has 0 spiro atoms. The molecule has 0 heterocycles. The van der Waals surface area contributed by atoms with Crippen LogP contribution in [0, 0.1) is 6.92 Å². The maximum atomic E-state index is 12.3. The van der Waals surface area contributed by atoms with Gasteiger partial charge < -0.3 is 0 Å². The number of nitrogens with one attached hydrogen (secondary N) is 1. The van der Waals surface area contributed by atoms with E-state index in [-0.39, 0.29) is 11.8 Å². The molecule has 0 aliphatic heterocycles. The zero-order valence-corrected chi connectivity index (χ0v) is 13.2. The Labute approximate surface area is 127 Å². The van der Waals surface area contributed by atoms with E-state index in [2.05, 4.69) is 4.72 Å². The van der Waals surface area contributed by atoms with Crippen LogP contribution in [0.25, 0.3) is 0 Å². The number of sulfonamides is 1. The fourth-order valence-corrected chi connectivity index (χ4v) is 3.79. The Kier molecular flexibility index (Phi) is 5.15. The quantitative estimate of drug-likeness (QED) is 0.887. The smallest absolute Gasteiger partial charge is 0.212 e. The van der Waals surface area contributed by atoms with Crippen LogP contribution in [0.3, 0.4) is 0 Å². The lowest BCUT2D eigenvalue weighted by Crippen LogP contribution is -2.29. The fraction of sp³-hybridized carbons (Fsp3) is 0.294. The van der Waals surface area contributed by atoms with E-state index in [4.69, 9.17) is 0 Å². The van der Waals surface area contributed by atoms with Crippen molar-refractivity contribution in [2.45, 2.75) is 32.1 Å². The van der Waals surface area contributed by atoms with Gasteiger partial charge in [0.1, 0.15) is 0 Å².